The average molecular weight is 273 g/mol. The van der Waals surface area contributed by atoms with Crippen LogP contribution in [0.15, 0.2) is 30.3 Å². The van der Waals surface area contributed by atoms with Crippen LogP contribution in [-0.2, 0) is 0 Å². The Kier molecular flexibility index (Phi) is 4.39. The third-order valence-electron chi connectivity index (χ3n) is 5.03. The highest BCUT2D eigenvalue weighted by atomic mass is 15.3. The van der Waals surface area contributed by atoms with Gasteiger partial charge in [-0.25, -0.2) is 0 Å². The molecule has 0 spiro atoms. The molecule has 1 aromatic rings. The third kappa shape index (κ3) is 3.05. The van der Waals surface area contributed by atoms with Crippen molar-refractivity contribution in [1.29, 1.82) is 0 Å². The maximum atomic E-state index is 3.54. The van der Waals surface area contributed by atoms with Crippen molar-refractivity contribution in [1.82, 2.24) is 15.1 Å². The summed E-state index contributed by atoms with van der Waals surface area (Å²) in [5.41, 5.74) is 1.47. The zero-order valence-corrected chi connectivity index (χ0v) is 12.8. The van der Waals surface area contributed by atoms with E-state index in [4.69, 9.17) is 0 Å². The SMILES string of the molecule is CC1CNCC1CN1CCN(C)CC1c1ccccc1. The van der Waals surface area contributed by atoms with Gasteiger partial charge < -0.3 is 10.2 Å². The maximum Gasteiger partial charge on any atom is 0.0475 e. The Morgan fingerprint density at radius 1 is 1.15 bits per heavy atom. The molecule has 2 fully saturated rings. The highest BCUT2D eigenvalue weighted by molar-refractivity contribution is 5.20. The maximum absolute atomic E-state index is 3.54. The largest absolute Gasteiger partial charge is 0.316 e. The van der Waals surface area contributed by atoms with E-state index in [0.717, 1.165) is 18.4 Å². The van der Waals surface area contributed by atoms with Crippen LogP contribution in [0.2, 0.25) is 0 Å². The highest BCUT2D eigenvalue weighted by Crippen LogP contribution is 2.28. The van der Waals surface area contributed by atoms with Gasteiger partial charge in [0.2, 0.25) is 0 Å². The zero-order valence-electron chi connectivity index (χ0n) is 12.8. The molecule has 1 aromatic carbocycles. The second kappa shape index (κ2) is 6.25. The predicted molar refractivity (Wildman–Crippen MR) is 83.8 cm³/mol. The molecule has 3 nitrogen and oxygen atoms in total. The summed E-state index contributed by atoms with van der Waals surface area (Å²) < 4.78 is 0. The van der Waals surface area contributed by atoms with Crippen LogP contribution >= 0.6 is 0 Å². The molecule has 2 heterocycles. The van der Waals surface area contributed by atoms with Gasteiger partial charge in [-0.2, -0.15) is 0 Å². The fraction of sp³-hybridized carbons (Fsp3) is 0.647. The standard InChI is InChI=1S/C17H27N3/c1-14-10-18-11-16(14)12-20-9-8-19(2)13-17(20)15-6-4-3-5-7-15/h3-7,14,16-18H,8-13H2,1-2H3. The number of benzene rings is 1. The van der Waals surface area contributed by atoms with Crippen molar-refractivity contribution >= 4 is 0 Å². The monoisotopic (exact) mass is 273 g/mol. The fourth-order valence-corrected chi connectivity index (χ4v) is 3.58. The van der Waals surface area contributed by atoms with Crippen LogP contribution in [0.4, 0.5) is 0 Å². The molecule has 1 N–H and O–H groups in total. The second-order valence-corrected chi connectivity index (χ2v) is 6.58. The van der Waals surface area contributed by atoms with Crippen molar-refractivity contribution in [3.05, 3.63) is 35.9 Å². The van der Waals surface area contributed by atoms with E-state index in [2.05, 4.69) is 59.4 Å². The highest BCUT2D eigenvalue weighted by Gasteiger charge is 2.31. The molecular formula is C17H27N3. The Morgan fingerprint density at radius 3 is 2.65 bits per heavy atom. The Morgan fingerprint density at radius 2 is 1.95 bits per heavy atom. The molecule has 3 rings (SSSR count). The van der Waals surface area contributed by atoms with E-state index in [1.807, 2.05) is 0 Å². The van der Waals surface area contributed by atoms with Crippen molar-refractivity contribution in [2.75, 3.05) is 46.3 Å². The van der Waals surface area contributed by atoms with Gasteiger partial charge in [-0.15, -0.1) is 0 Å². The third-order valence-corrected chi connectivity index (χ3v) is 5.03. The van der Waals surface area contributed by atoms with Crippen molar-refractivity contribution in [3.8, 4) is 0 Å². The minimum Gasteiger partial charge on any atom is -0.316 e. The van der Waals surface area contributed by atoms with Crippen molar-refractivity contribution in [2.24, 2.45) is 11.8 Å². The molecule has 0 radical (unpaired) electrons. The van der Waals surface area contributed by atoms with Gasteiger partial charge in [0.1, 0.15) is 0 Å². The fourth-order valence-electron chi connectivity index (χ4n) is 3.58. The lowest BCUT2D eigenvalue weighted by atomic mass is 9.95. The smallest absolute Gasteiger partial charge is 0.0475 e. The first-order chi connectivity index (χ1) is 9.74. The Labute approximate surface area is 123 Å². The van der Waals surface area contributed by atoms with Gasteiger partial charge in [0.15, 0.2) is 0 Å². The Balaban J connectivity index is 1.73. The molecule has 0 bridgehead atoms. The summed E-state index contributed by atoms with van der Waals surface area (Å²) in [5.74, 6) is 1.62. The van der Waals surface area contributed by atoms with E-state index >= 15 is 0 Å². The number of hydrogen-bond donors (Lipinski definition) is 1. The average Bonchev–Trinajstić information content (AvgIpc) is 2.87. The molecule has 20 heavy (non-hydrogen) atoms. The van der Waals surface area contributed by atoms with Crippen molar-refractivity contribution in [2.45, 2.75) is 13.0 Å². The molecule has 3 atom stereocenters. The summed E-state index contributed by atoms with van der Waals surface area (Å²) >= 11 is 0. The molecule has 110 valence electrons. The van der Waals surface area contributed by atoms with Crippen LogP contribution in [0.3, 0.4) is 0 Å². The first kappa shape index (κ1) is 14.1. The lowest BCUT2D eigenvalue weighted by molar-refractivity contribution is 0.0722. The summed E-state index contributed by atoms with van der Waals surface area (Å²) in [6.07, 6.45) is 0. The molecule has 2 aliphatic heterocycles. The normalized spacial score (nSPS) is 32.6. The lowest BCUT2D eigenvalue weighted by Gasteiger charge is -2.42. The molecule has 0 saturated carbocycles. The number of hydrogen-bond acceptors (Lipinski definition) is 3. The Hall–Kier alpha value is -0.900. The van der Waals surface area contributed by atoms with E-state index in [-0.39, 0.29) is 0 Å². The number of likely N-dealkylation sites (N-methyl/N-ethyl adjacent to an activating group) is 1. The van der Waals surface area contributed by atoms with E-state index in [9.17, 15) is 0 Å². The predicted octanol–water partition coefficient (Wildman–Crippen LogP) is 1.83. The zero-order chi connectivity index (χ0) is 13.9. The van der Waals surface area contributed by atoms with Crippen LogP contribution in [0, 0.1) is 11.8 Å². The number of piperazine rings is 1. The summed E-state index contributed by atoms with van der Waals surface area (Å²) in [6, 6.07) is 11.6. The van der Waals surface area contributed by atoms with Crippen molar-refractivity contribution in [3.63, 3.8) is 0 Å². The number of nitrogens with one attached hydrogen (secondary N) is 1. The van der Waals surface area contributed by atoms with Gasteiger partial charge in [0, 0.05) is 32.2 Å². The summed E-state index contributed by atoms with van der Waals surface area (Å²) in [5, 5.41) is 3.54. The molecule has 0 amide bonds. The minimum absolute atomic E-state index is 0.558. The van der Waals surface area contributed by atoms with Crippen LogP contribution in [-0.4, -0.2) is 56.1 Å². The second-order valence-electron chi connectivity index (χ2n) is 6.58. The quantitative estimate of drug-likeness (QED) is 0.906. The first-order valence-electron chi connectivity index (χ1n) is 7.92. The van der Waals surface area contributed by atoms with Gasteiger partial charge in [-0.1, -0.05) is 37.3 Å². The van der Waals surface area contributed by atoms with Gasteiger partial charge in [0.05, 0.1) is 0 Å². The Bertz CT molecular complexity index is 420. The van der Waals surface area contributed by atoms with Gasteiger partial charge in [0.25, 0.3) is 0 Å². The lowest BCUT2D eigenvalue weighted by Crippen LogP contribution is -2.48. The molecule has 3 heteroatoms. The first-order valence-corrected chi connectivity index (χ1v) is 7.92. The van der Waals surface area contributed by atoms with Crippen LogP contribution in [0.1, 0.15) is 18.5 Å². The molecular weight excluding hydrogens is 246 g/mol. The van der Waals surface area contributed by atoms with Crippen LogP contribution in [0.25, 0.3) is 0 Å². The molecule has 2 aliphatic rings. The van der Waals surface area contributed by atoms with E-state index in [1.54, 1.807) is 0 Å². The summed E-state index contributed by atoms with van der Waals surface area (Å²) in [6.45, 7) is 9.54. The van der Waals surface area contributed by atoms with E-state index in [0.29, 0.717) is 6.04 Å². The van der Waals surface area contributed by atoms with Crippen LogP contribution in [0.5, 0.6) is 0 Å². The van der Waals surface area contributed by atoms with E-state index in [1.165, 1.54) is 38.3 Å². The van der Waals surface area contributed by atoms with Gasteiger partial charge in [-0.3, -0.25) is 4.90 Å². The topological polar surface area (TPSA) is 18.5 Å². The molecule has 0 aliphatic carbocycles. The van der Waals surface area contributed by atoms with Gasteiger partial charge in [-0.05, 0) is 37.5 Å². The minimum atomic E-state index is 0.558. The van der Waals surface area contributed by atoms with Crippen molar-refractivity contribution < 1.29 is 0 Å². The molecule has 3 unspecified atom stereocenters. The molecule has 2 saturated heterocycles. The molecule has 0 aromatic heterocycles. The van der Waals surface area contributed by atoms with Crippen LogP contribution < -0.4 is 5.32 Å². The summed E-state index contributed by atoms with van der Waals surface area (Å²) in [4.78, 5) is 5.17. The number of rotatable bonds is 3. The van der Waals surface area contributed by atoms with Gasteiger partial charge >= 0.3 is 0 Å². The van der Waals surface area contributed by atoms with E-state index < -0.39 is 0 Å². The number of nitrogens with zero attached hydrogens (tertiary/aromatic N) is 2. The summed E-state index contributed by atoms with van der Waals surface area (Å²) in [7, 11) is 2.24.